The number of halogens is 1. The minimum Gasteiger partial charge on any atom is -0.455 e. The smallest absolute Gasteiger partial charge is 0.255 e. The lowest BCUT2D eigenvalue weighted by molar-refractivity contribution is 0.0964. The molecule has 0 bridgehead atoms. The zero-order valence-corrected chi connectivity index (χ0v) is 26.0. The third-order valence-electron chi connectivity index (χ3n) is 8.20. The maximum absolute atomic E-state index is 14.8. The molecule has 7 aromatic rings. The van der Waals surface area contributed by atoms with Crippen LogP contribution < -0.4 is 9.62 Å². The summed E-state index contributed by atoms with van der Waals surface area (Å²) in [5.74, 6) is 0.329. The number of carbonyl (C=O) groups is 1. The number of pyridine rings is 1. The Morgan fingerprint density at radius 1 is 0.956 bits per heavy atom. The Labute approximate surface area is 258 Å². The van der Waals surface area contributed by atoms with Crippen LogP contribution in [0.2, 0.25) is 0 Å². The second-order valence-corrected chi connectivity index (χ2v) is 13.1. The molecule has 0 saturated carbocycles. The molecule has 1 N–H and O–H groups in total. The number of hydrogen-bond acceptors (Lipinski definition) is 6. The summed E-state index contributed by atoms with van der Waals surface area (Å²) in [6.45, 7) is 3.82. The lowest BCUT2D eigenvalue weighted by Gasteiger charge is -2.20. The molecule has 3 aromatic carbocycles. The number of aromatic nitrogens is 3. The van der Waals surface area contributed by atoms with Crippen molar-refractivity contribution in [1.82, 2.24) is 19.7 Å². The van der Waals surface area contributed by atoms with Crippen LogP contribution >= 0.6 is 0 Å². The highest BCUT2D eigenvalue weighted by Crippen LogP contribution is 2.41. The number of nitrogens with zero attached hydrogens (tertiary/aromatic N) is 4. The highest BCUT2D eigenvalue weighted by atomic mass is 32.2. The van der Waals surface area contributed by atoms with Crippen molar-refractivity contribution in [2.45, 2.75) is 13.8 Å². The molecule has 0 aliphatic carbocycles. The van der Waals surface area contributed by atoms with E-state index in [0.717, 1.165) is 16.1 Å². The Hall–Kier alpha value is -5.29. The fourth-order valence-corrected chi connectivity index (χ4v) is 6.37. The molecule has 0 unspecified atom stereocenters. The largest absolute Gasteiger partial charge is 0.455 e. The summed E-state index contributed by atoms with van der Waals surface area (Å²) in [6.07, 6.45) is 1.11. The van der Waals surface area contributed by atoms with E-state index >= 15 is 0 Å². The number of benzene rings is 3. The van der Waals surface area contributed by atoms with Gasteiger partial charge in [-0.2, -0.15) is 0 Å². The lowest BCUT2D eigenvalue weighted by Crippen LogP contribution is -2.25. The van der Waals surface area contributed by atoms with Gasteiger partial charge in [-0.15, -0.1) is 0 Å². The number of carbonyl (C=O) groups excluding carboxylic acids is 1. The summed E-state index contributed by atoms with van der Waals surface area (Å²) < 4.78 is 49.8. The highest BCUT2D eigenvalue weighted by molar-refractivity contribution is 7.92. The number of hydrogen-bond donors (Lipinski definition) is 1. The summed E-state index contributed by atoms with van der Waals surface area (Å²) in [5.41, 5.74) is 6.07. The molecule has 0 aliphatic heterocycles. The highest BCUT2D eigenvalue weighted by Gasteiger charge is 2.26. The van der Waals surface area contributed by atoms with E-state index in [4.69, 9.17) is 14.4 Å². The summed E-state index contributed by atoms with van der Waals surface area (Å²) in [4.78, 5) is 23.0. The summed E-state index contributed by atoms with van der Waals surface area (Å²) in [5, 5.41) is 3.64. The monoisotopic (exact) mass is 621 g/mol. The van der Waals surface area contributed by atoms with Crippen molar-refractivity contribution in [3.8, 4) is 22.6 Å². The van der Waals surface area contributed by atoms with Crippen molar-refractivity contribution < 1.29 is 22.0 Å². The first-order chi connectivity index (χ1) is 21.5. The predicted molar refractivity (Wildman–Crippen MR) is 175 cm³/mol. The minimum atomic E-state index is -3.71. The molecule has 4 aromatic heterocycles. The van der Waals surface area contributed by atoms with Crippen LogP contribution in [0.4, 0.5) is 10.1 Å². The van der Waals surface area contributed by atoms with E-state index in [9.17, 15) is 17.6 Å². The molecule has 4 heterocycles. The molecule has 1 amide bonds. The predicted octanol–water partition coefficient (Wildman–Crippen LogP) is 6.63. The number of fused-ring (bicyclic) bond motifs is 6. The molecule has 9 nitrogen and oxygen atoms in total. The van der Waals surface area contributed by atoms with Gasteiger partial charge in [0, 0.05) is 42.1 Å². The van der Waals surface area contributed by atoms with E-state index in [1.54, 1.807) is 43.4 Å². The van der Waals surface area contributed by atoms with Gasteiger partial charge < -0.3 is 9.73 Å². The van der Waals surface area contributed by atoms with Gasteiger partial charge >= 0.3 is 0 Å². The van der Waals surface area contributed by atoms with Gasteiger partial charge in [0.25, 0.3) is 5.91 Å². The molecule has 0 saturated heterocycles. The second-order valence-electron chi connectivity index (χ2n) is 11.1. The van der Waals surface area contributed by atoms with E-state index in [0.29, 0.717) is 78.1 Å². The molecule has 0 aliphatic rings. The molecule has 226 valence electrons. The lowest BCUT2D eigenvalue weighted by atomic mass is 10.00. The summed E-state index contributed by atoms with van der Waals surface area (Å²) in [6, 6.07) is 21.2. The number of furan rings is 1. The Kier molecular flexibility index (Phi) is 6.41. The van der Waals surface area contributed by atoms with Crippen LogP contribution in [0.3, 0.4) is 0 Å². The van der Waals surface area contributed by atoms with E-state index < -0.39 is 10.0 Å². The maximum Gasteiger partial charge on any atom is 0.255 e. The van der Waals surface area contributed by atoms with E-state index in [-0.39, 0.29) is 11.7 Å². The van der Waals surface area contributed by atoms with Crippen molar-refractivity contribution in [3.05, 3.63) is 95.6 Å². The zero-order valence-electron chi connectivity index (χ0n) is 25.1. The third-order valence-corrected chi connectivity index (χ3v) is 9.39. The number of anilines is 1. The van der Waals surface area contributed by atoms with Crippen molar-refractivity contribution >= 4 is 60.0 Å². The van der Waals surface area contributed by atoms with Gasteiger partial charge in [-0.05, 0) is 50.2 Å². The van der Waals surface area contributed by atoms with Crippen LogP contribution in [-0.2, 0) is 10.0 Å². The number of rotatable bonds is 5. The van der Waals surface area contributed by atoms with Gasteiger partial charge in [-0.3, -0.25) is 13.5 Å². The van der Waals surface area contributed by atoms with Crippen LogP contribution in [0.5, 0.6) is 0 Å². The third kappa shape index (κ3) is 4.50. The van der Waals surface area contributed by atoms with E-state index in [1.165, 1.54) is 13.1 Å². The van der Waals surface area contributed by atoms with E-state index in [2.05, 4.69) is 5.32 Å². The average Bonchev–Trinajstić information content (AvgIpc) is 3.60. The minimum absolute atomic E-state index is 0.312. The normalized spacial score (nSPS) is 12.0. The van der Waals surface area contributed by atoms with Crippen LogP contribution in [0.1, 0.15) is 21.7 Å². The molecule has 7 rings (SSSR count). The first-order valence-corrected chi connectivity index (χ1v) is 16.0. The first-order valence-electron chi connectivity index (χ1n) is 14.2. The van der Waals surface area contributed by atoms with Gasteiger partial charge in [-0.25, -0.2) is 22.8 Å². The van der Waals surface area contributed by atoms with Crippen molar-refractivity contribution in [2.24, 2.45) is 0 Å². The molecular formula is C34H28FN5O4S. The first kappa shape index (κ1) is 28.5. The number of sulfonamides is 1. The van der Waals surface area contributed by atoms with Crippen LogP contribution in [-0.4, -0.2) is 49.0 Å². The Bertz CT molecular complexity index is 2470. The Morgan fingerprint density at radius 3 is 2.42 bits per heavy atom. The maximum atomic E-state index is 14.8. The SMILES string of the molecule is CNC(=O)c1c(-c2ccc(C)cc2)oc2cc(N(C)S(C)(=O)=O)c(-c3ccc4nc(C)n5c6cccc(F)c6cc5c4n3)cc12. The van der Waals surface area contributed by atoms with E-state index in [1.807, 2.05) is 48.6 Å². The Morgan fingerprint density at radius 2 is 1.71 bits per heavy atom. The molecular weight excluding hydrogens is 593 g/mol. The molecule has 0 radical (unpaired) electrons. The summed E-state index contributed by atoms with van der Waals surface area (Å²) >= 11 is 0. The fraction of sp³-hybridized carbons (Fsp3) is 0.147. The topological polar surface area (TPSA) is 110 Å². The molecule has 0 spiro atoms. The summed E-state index contributed by atoms with van der Waals surface area (Å²) in [7, 11) is -0.716. The van der Waals surface area contributed by atoms with Crippen molar-refractivity contribution in [2.75, 3.05) is 24.7 Å². The van der Waals surface area contributed by atoms with Gasteiger partial charge in [0.1, 0.15) is 28.5 Å². The van der Waals surface area contributed by atoms with Crippen LogP contribution in [0.25, 0.3) is 61.0 Å². The second kappa shape index (κ2) is 10.1. The zero-order chi connectivity index (χ0) is 31.8. The van der Waals surface area contributed by atoms with Gasteiger partial charge in [0.05, 0.1) is 39.8 Å². The van der Waals surface area contributed by atoms with Gasteiger partial charge in [0.15, 0.2) is 0 Å². The molecule has 45 heavy (non-hydrogen) atoms. The standard InChI is InChI=1S/C34H28FN5O4S/c1-18-9-11-20(12-10-18)33-31(34(41)36-3)23-15-22(28(17-30(23)44-33)39(4)45(5,42)43)25-13-14-26-32(38-25)29-16-21-24(35)7-6-8-27(21)40(29)19(2)37-26/h6-17H,1-5H3,(H,36,41). The van der Waals surface area contributed by atoms with Crippen LogP contribution in [0, 0.1) is 19.7 Å². The fourth-order valence-electron chi connectivity index (χ4n) is 5.86. The number of amides is 1. The van der Waals surface area contributed by atoms with Gasteiger partial charge in [-0.1, -0.05) is 35.9 Å². The average molecular weight is 622 g/mol. The molecule has 11 heteroatoms. The van der Waals surface area contributed by atoms with Crippen molar-refractivity contribution in [1.29, 1.82) is 0 Å². The Balaban J connectivity index is 1.55. The number of aryl methyl sites for hydroxylation is 2. The van der Waals surface area contributed by atoms with Crippen LogP contribution in [0.15, 0.2) is 77.2 Å². The van der Waals surface area contributed by atoms with Crippen molar-refractivity contribution in [3.63, 3.8) is 0 Å². The number of nitrogens with one attached hydrogen (secondary N) is 1. The molecule has 0 atom stereocenters. The van der Waals surface area contributed by atoms with Gasteiger partial charge in [0.2, 0.25) is 10.0 Å². The quantitative estimate of drug-likeness (QED) is 0.231. The molecule has 0 fully saturated rings.